The summed E-state index contributed by atoms with van der Waals surface area (Å²) in [5.74, 6) is -0.923. The van der Waals surface area contributed by atoms with E-state index in [-0.39, 0.29) is 31.1 Å². The Morgan fingerprint density at radius 1 is 0.328 bits per heavy atom. The van der Waals surface area contributed by atoms with Gasteiger partial charge in [-0.05, 0) is 103 Å². The normalized spacial score (nSPS) is 12.6. The summed E-state index contributed by atoms with van der Waals surface area (Å²) in [5, 5.41) is 0. The summed E-state index contributed by atoms with van der Waals surface area (Å²) < 4.78 is 16.8. The van der Waals surface area contributed by atoms with Gasteiger partial charge in [-0.15, -0.1) is 0 Å². The lowest BCUT2D eigenvalue weighted by Crippen LogP contribution is -2.30. The van der Waals surface area contributed by atoms with Gasteiger partial charge in [0.05, 0.1) is 0 Å². The zero-order chi connectivity index (χ0) is 46.5. The maximum atomic E-state index is 12.8. The van der Waals surface area contributed by atoms with E-state index in [2.05, 4.69) is 93.7 Å². The summed E-state index contributed by atoms with van der Waals surface area (Å²) in [6.07, 6.45) is 66.1. The zero-order valence-electron chi connectivity index (χ0n) is 42.0. The number of hydrogen-bond acceptors (Lipinski definition) is 6. The summed E-state index contributed by atoms with van der Waals surface area (Å²) >= 11 is 0. The molecule has 0 rings (SSSR count). The zero-order valence-corrected chi connectivity index (χ0v) is 42.0. The number of ether oxygens (including phenoxy) is 3. The smallest absolute Gasteiger partial charge is 0.306 e. The van der Waals surface area contributed by atoms with Crippen molar-refractivity contribution in [2.24, 2.45) is 0 Å². The second-order valence-corrected chi connectivity index (χ2v) is 17.7. The number of allylic oxidation sites excluding steroid dienone is 12. The average molecular weight is 893 g/mol. The first-order valence-corrected chi connectivity index (χ1v) is 26.9. The van der Waals surface area contributed by atoms with Gasteiger partial charge in [0.15, 0.2) is 6.10 Å². The SMILES string of the molecule is CC/C=C\C/C=C\C/C=C\C/C=C\CCCCCCC(=O)OC(COC(=O)CCCCCCC/C=C\CCC)COC(=O)CCCCCCCCCCC/C=C\CCCCCCCC. The summed E-state index contributed by atoms with van der Waals surface area (Å²) in [4.78, 5) is 38.0. The number of carbonyl (C=O) groups excluding carboxylic acids is 3. The molecule has 368 valence electrons. The van der Waals surface area contributed by atoms with Crippen LogP contribution in [-0.4, -0.2) is 37.2 Å². The van der Waals surface area contributed by atoms with Gasteiger partial charge in [0.2, 0.25) is 0 Å². The first-order valence-electron chi connectivity index (χ1n) is 26.9. The third kappa shape index (κ3) is 49.9. The highest BCUT2D eigenvalue weighted by molar-refractivity contribution is 5.71. The molecule has 0 amide bonds. The molecule has 0 aliphatic carbocycles. The fraction of sp³-hybridized carbons (Fsp3) is 0.741. The Hall–Kier alpha value is -3.15. The predicted molar refractivity (Wildman–Crippen MR) is 274 cm³/mol. The highest BCUT2D eigenvalue weighted by Crippen LogP contribution is 2.15. The van der Waals surface area contributed by atoms with Crippen LogP contribution in [-0.2, 0) is 28.6 Å². The van der Waals surface area contributed by atoms with E-state index >= 15 is 0 Å². The third-order valence-electron chi connectivity index (χ3n) is 11.4. The molecular formula is C58H100O6. The van der Waals surface area contributed by atoms with Crippen molar-refractivity contribution in [2.75, 3.05) is 13.2 Å². The number of unbranched alkanes of at least 4 members (excludes halogenated alkanes) is 25. The van der Waals surface area contributed by atoms with Crippen LogP contribution in [0, 0.1) is 0 Å². The van der Waals surface area contributed by atoms with Crippen molar-refractivity contribution < 1.29 is 28.6 Å². The minimum absolute atomic E-state index is 0.0889. The van der Waals surface area contributed by atoms with Gasteiger partial charge >= 0.3 is 17.9 Å². The van der Waals surface area contributed by atoms with Crippen LogP contribution in [0.2, 0.25) is 0 Å². The van der Waals surface area contributed by atoms with E-state index in [9.17, 15) is 14.4 Å². The number of esters is 3. The van der Waals surface area contributed by atoms with Crippen LogP contribution in [0.1, 0.15) is 258 Å². The summed E-state index contributed by atoms with van der Waals surface area (Å²) in [6, 6.07) is 0. The van der Waals surface area contributed by atoms with Gasteiger partial charge in [-0.2, -0.15) is 0 Å². The fourth-order valence-electron chi connectivity index (χ4n) is 7.37. The maximum absolute atomic E-state index is 12.8. The summed E-state index contributed by atoms with van der Waals surface area (Å²) in [7, 11) is 0. The van der Waals surface area contributed by atoms with Crippen molar-refractivity contribution in [2.45, 2.75) is 264 Å². The molecule has 0 radical (unpaired) electrons. The first kappa shape index (κ1) is 60.9. The molecule has 0 spiro atoms. The fourth-order valence-corrected chi connectivity index (χ4v) is 7.37. The highest BCUT2D eigenvalue weighted by Gasteiger charge is 2.19. The molecule has 0 N–H and O–H groups in total. The second-order valence-electron chi connectivity index (χ2n) is 17.7. The van der Waals surface area contributed by atoms with E-state index in [1.165, 1.54) is 103 Å². The Balaban J connectivity index is 4.36. The van der Waals surface area contributed by atoms with E-state index in [0.29, 0.717) is 19.3 Å². The number of carbonyl (C=O) groups is 3. The Morgan fingerprint density at radius 2 is 0.641 bits per heavy atom. The molecule has 0 bridgehead atoms. The highest BCUT2D eigenvalue weighted by atomic mass is 16.6. The van der Waals surface area contributed by atoms with Crippen LogP contribution < -0.4 is 0 Å². The average Bonchev–Trinajstić information content (AvgIpc) is 3.29. The number of rotatable bonds is 48. The van der Waals surface area contributed by atoms with Crippen LogP contribution in [0.25, 0.3) is 0 Å². The van der Waals surface area contributed by atoms with Crippen molar-refractivity contribution in [1.29, 1.82) is 0 Å². The van der Waals surface area contributed by atoms with Gasteiger partial charge in [-0.25, -0.2) is 0 Å². The van der Waals surface area contributed by atoms with Crippen molar-refractivity contribution in [3.8, 4) is 0 Å². The molecule has 0 aliphatic rings. The molecule has 64 heavy (non-hydrogen) atoms. The van der Waals surface area contributed by atoms with E-state index in [0.717, 1.165) is 116 Å². The Morgan fingerprint density at radius 3 is 1.03 bits per heavy atom. The molecule has 0 aromatic carbocycles. The van der Waals surface area contributed by atoms with Gasteiger partial charge in [0.1, 0.15) is 13.2 Å². The van der Waals surface area contributed by atoms with Crippen molar-refractivity contribution in [1.82, 2.24) is 0 Å². The molecule has 0 fully saturated rings. The largest absolute Gasteiger partial charge is 0.462 e. The van der Waals surface area contributed by atoms with Gasteiger partial charge < -0.3 is 14.2 Å². The van der Waals surface area contributed by atoms with E-state index in [4.69, 9.17) is 14.2 Å². The Bertz CT molecular complexity index is 1210. The molecule has 0 heterocycles. The van der Waals surface area contributed by atoms with Crippen LogP contribution in [0.3, 0.4) is 0 Å². The van der Waals surface area contributed by atoms with Crippen LogP contribution in [0.5, 0.6) is 0 Å². The third-order valence-corrected chi connectivity index (χ3v) is 11.4. The van der Waals surface area contributed by atoms with Gasteiger partial charge in [-0.1, -0.05) is 209 Å². The van der Waals surface area contributed by atoms with Gasteiger partial charge in [-0.3, -0.25) is 14.4 Å². The summed E-state index contributed by atoms with van der Waals surface area (Å²) in [6.45, 7) is 6.44. The van der Waals surface area contributed by atoms with Crippen molar-refractivity contribution in [3.05, 3.63) is 72.9 Å². The van der Waals surface area contributed by atoms with Gasteiger partial charge in [0, 0.05) is 19.3 Å². The monoisotopic (exact) mass is 893 g/mol. The van der Waals surface area contributed by atoms with E-state index < -0.39 is 6.10 Å². The van der Waals surface area contributed by atoms with E-state index in [1.807, 2.05) is 0 Å². The molecule has 0 saturated heterocycles. The lowest BCUT2D eigenvalue weighted by atomic mass is 10.1. The topological polar surface area (TPSA) is 78.9 Å². The molecule has 0 saturated carbocycles. The number of hydrogen-bond donors (Lipinski definition) is 0. The van der Waals surface area contributed by atoms with Crippen LogP contribution in [0.4, 0.5) is 0 Å². The minimum atomic E-state index is -0.791. The molecule has 0 aromatic rings. The summed E-state index contributed by atoms with van der Waals surface area (Å²) in [5.41, 5.74) is 0. The molecule has 6 nitrogen and oxygen atoms in total. The van der Waals surface area contributed by atoms with Crippen molar-refractivity contribution >= 4 is 17.9 Å². The lowest BCUT2D eigenvalue weighted by molar-refractivity contribution is -0.167. The van der Waals surface area contributed by atoms with Crippen molar-refractivity contribution in [3.63, 3.8) is 0 Å². The first-order chi connectivity index (χ1) is 31.5. The minimum Gasteiger partial charge on any atom is -0.462 e. The van der Waals surface area contributed by atoms with Crippen LogP contribution >= 0.6 is 0 Å². The Labute approximate surface area is 395 Å². The standard InChI is InChI=1S/C58H100O6/c1-4-7-10-13-16-19-22-24-26-28-29-31-32-34-36-39-42-45-48-51-57(60)63-54-55(53-62-56(59)50-47-44-41-38-21-18-15-12-9-6-3)64-58(61)52-49-46-43-40-37-35-33-30-27-25-23-20-17-14-11-8-5-2/h8,11-12,15,17,20,24-27,33,35,55H,4-7,9-10,13-14,16,18-19,21-23,28-32,34,36-54H2,1-3H3/b11-8-,15-12-,20-17-,26-24-,27-25-,35-33-. The van der Waals surface area contributed by atoms with E-state index in [1.54, 1.807) is 0 Å². The molecule has 0 aromatic heterocycles. The maximum Gasteiger partial charge on any atom is 0.306 e. The molecule has 6 heteroatoms. The Kier molecular flexibility index (Phi) is 49.9. The molecular weight excluding hydrogens is 793 g/mol. The quantitative estimate of drug-likeness (QED) is 0.0262. The predicted octanol–water partition coefficient (Wildman–Crippen LogP) is 17.8. The molecule has 0 aliphatic heterocycles. The second kappa shape index (κ2) is 52.5. The lowest BCUT2D eigenvalue weighted by Gasteiger charge is -2.18. The van der Waals surface area contributed by atoms with Gasteiger partial charge in [0.25, 0.3) is 0 Å². The molecule has 1 unspecified atom stereocenters. The van der Waals surface area contributed by atoms with Crippen LogP contribution in [0.15, 0.2) is 72.9 Å². The molecule has 1 atom stereocenters.